The van der Waals surface area contributed by atoms with Gasteiger partial charge in [0, 0.05) is 0 Å². The average Bonchev–Trinajstić information content (AvgIpc) is 2.99. The van der Waals surface area contributed by atoms with Crippen molar-refractivity contribution in [1.82, 2.24) is 0 Å². The smallest absolute Gasteiger partial charge is 0.00201 e. The number of rotatable bonds is 2. The lowest BCUT2D eigenvalue weighted by Gasteiger charge is -2.21. The lowest BCUT2D eigenvalue weighted by molar-refractivity contribution is 1.33. The van der Waals surface area contributed by atoms with Crippen molar-refractivity contribution >= 4 is 53.9 Å². The topological polar surface area (TPSA) is 0 Å². The number of aryl methyl sites for hydroxylation is 3. The van der Waals surface area contributed by atoms with Crippen LogP contribution in [0.4, 0.5) is 0 Å². The van der Waals surface area contributed by atoms with E-state index in [4.69, 9.17) is 0 Å². The van der Waals surface area contributed by atoms with E-state index in [1.165, 1.54) is 92.8 Å². The molecule has 0 amide bonds. The highest BCUT2D eigenvalue weighted by atomic mass is 14.2. The molecule has 0 aromatic heterocycles. The minimum absolute atomic E-state index is 1.27. The highest BCUT2D eigenvalue weighted by Crippen LogP contribution is 2.47. The van der Waals surface area contributed by atoms with Gasteiger partial charge in [-0.2, -0.15) is 0 Å². The van der Waals surface area contributed by atoms with Crippen LogP contribution in [0.3, 0.4) is 0 Å². The Balaban J connectivity index is 1.52. The van der Waals surface area contributed by atoms with Gasteiger partial charge in [-0.3, -0.25) is 0 Å². The number of hydrogen-bond acceptors (Lipinski definition) is 0. The van der Waals surface area contributed by atoms with Crippen molar-refractivity contribution in [3.63, 3.8) is 0 Å². The summed E-state index contributed by atoms with van der Waals surface area (Å²) < 4.78 is 0. The van der Waals surface area contributed by atoms with E-state index in [1.54, 1.807) is 0 Å². The summed E-state index contributed by atoms with van der Waals surface area (Å²) in [6.07, 6.45) is 0. The van der Waals surface area contributed by atoms with E-state index in [2.05, 4.69) is 148 Å². The average molecular weight is 523 g/mol. The molecule has 0 bridgehead atoms. The molecule has 0 fully saturated rings. The van der Waals surface area contributed by atoms with E-state index in [0.29, 0.717) is 0 Å². The molecule has 0 heteroatoms. The lowest BCUT2D eigenvalue weighted by atomic mass is 9.82. The second-order valence-electron chi connectivity index (χ2n) is 11.5. The molecule has 0 aliphatic carbocycles. The van der Waals surface area contributed by atoms with Crippen LogP contribution in [0.5, 0.6) is 0 Å². The fourth-order valence-corrected chi connectivity index (χ4v) is 7.26. The van der Waals surface area contributed by atoms with Crippen molar-refractivity contribution in [3.8, 4) is 22.3 Å². The van der Waals surface area contributed by atoms with E-state index in [0.717, 1.165) is 0 Å². The van der Waals surface area contributed by atoms with Crippen molar-refractivity contribution in [2.75, 3.05) is 0 Å². The maximum atomic E-state index is 2.40. The molecule has 0 spiro atoms. The molecule has 8 aromatic carbocycles. The van der Waals surface area contributed by atoms with Crippen molar-refractivity contribution in [2.45, 2.75) is 20.8 Å². The Bertz CT molecular complexity index is 2250. The Morgan fingerprint density at radius 2 is 0.805 bits per heavy atom. The van der Waals surface area contributed by atoms with Gasteiger partial charge in [0.15, 0.2) is 0 Å². The van der Waals surface area contributed by atoms with Crippen LogP contribution in [0.1, 0.15) is 16.7 Å². The minimum atomic E-state index is 1.27. The molecule has 0 N–H and O–H groups in total. The van der Waals surface area contributed by atoms with Crippen LogP contribution in [0.25, 0.3) is 76.1 Å². The van der Waals surface area contributed by atoms with Crippen LogP contribution < -0.4 is 0 Å². The van der Waals surface area contributed by atoms with Gasteiger partial charge in [-0.1, -0.05) is 121 Å². The summed E-state index contributed by atoms with van der Waals surface area (Å²) in [5.74, 6) is 0. The minimum Gasteiger partial charge on any atom is -0.0616 e. The Kier molecular flexibility index (Phi) is 5.27. The number of fused-ring (bicyclic) bond motifs is 6. The summed E-state index contributed by atoms with van der Waals surface area (Å²) in [6, 6.07) is 47.4. The van der Waals surface area contributed by atoms with Crippen LogP contribution in [-0.2, 0) is 0 Å². The highest BCUT2D eigenvalue weighted by molar-refractivity contribution is 6.25. The predicted molar refractivity (Wildman–Crippen MR) is 179 cm³/mol. The van der Waals surface area contributed by atoms with Gasteiger partial charge < -0.3 is 0 Å². The maximum Gasteiger partial charge on any atom is -0.00201 e. The molecular weight excluding hydrogens is 492 g/mol. The molecule has 0 nitrogen and oxygen atoms in total. The molecule has 0 atom stereocenters. The molecule has 0 saturated heterocycles. The van der Waals surface area contributed by atoms with Crippen LogP contribution in [0.15, 0.2) is 127 Å². The van der Waals surface area contributed by atoms with Crippen LogP contribution >= 0.6 is 0 Å². The molecule has 0 heterocycles. The van der Waals surface area contributed by atoms with Gasteiger partial charge in [-0.15, -0.1) is 0 Å². The normalized spacial score (nSPS) is 11.8. The molecular formula is C41H30. The second-order valence-corrected chi connectivity index (χ2v) is 11.5. The Morgan fingerprint density at radius 1 is 0.317 bits per heavy atom. The number of hydrogen-bond donors (Lipinski definition) is 0. The molecule has 194 valence electrons. The monoisotopic (exact) mass is 522 g/mol. The number of benzene rings is 8. The largest absolute Gasteiger partial charge is 0.0616 e. The van der Waals surface area contributed by atoms with Crippen molar-refractivity contribution in [3.05, 3.63) is 144 Å². The standard InChI is InChI=1S/C41H30/c1-25-21-26(2)39(27(3)22-25)41-34-16-8-6-14-32(34)40(33-15-7-9-17-35(33)41)36-18-10-12-29-23-37-30(24-38(29)36)20-19-28-11-4-5-13-31(28)37/h4-24H,1-3H3. The van der Waals surface area contributed by atoms with Crippen molar-refractivity contribution in [1.29, 1.82) is 0 Å². The fraction of sp³-hybridized carbons (Fsp3) is 0.0732. The van der Waals surface area contributed by atoms with Crippen LogP contribution in [0, 0.1) is 20.8 Å². The second kappa shape index (κ2) is 9.04. The first-order chi connectivity index (χ1) is 20.1. The third-order valence-corrected chi connectivity index (χ3v) is 8.87. The van der Waals surface area contributed by atoms with Gasteiger partial charge in [-0.05, 0) is 120 Å². The Hall–Kier alpha value is -4.94. The van der Waals surface area contributed by atoms with Gasteiger partial charge in [0.1, 0.15) is 0 Å². The summed E-state index contributed by atoms with van der Waals surface area (Å²) in [4.78, 5) is 0. The van der Waals surface area contributed by atoms with Gasteiger partial charge in [0.05, 0.1) is 0 Å². The zero-order valence-corrected chi connectivity index (χ0v) is 23.6. The highest BCUT2D eigenvalue weighted by Gasteiger charge is 2.20. The van der Waals surface area contributed by atoms with Gasteiger partial charge in [-0.25, -0.2) is 0 Å². The summed E-state index contributed by atoms with van der Waals surface area (Å²) in [5, 5.41) is 12.9. The maximum absolute atomic E-state index is 2.40. The SMILES string of the molecule is Cc1cc(C)c(-c2c3ccccc3c(-c3cccc4cc5c(ccc6ccccc65)cc34)c3ccccc23)c(C)c1. The molecule has 41 heavy (non-hydrogen) atoms. The first-order valence-corrected chi connectivity index (χ1v) is 14.4. The van der Waals surface area contributed by atoms with E-state index >= 15 is 0 Å². The summed E-state index contributed by atoms with van der Waals surface area (Å²) in [7, 11) is 0. The first-order valence-electron chi connectivity index (χ1n) is 14.4. The zero-order chi connectivity index (χ0) is 27.7. The van der Waals surface area contributed by atoms with E-state index < -0.39 is 0 Å². The van der Waals surface area contributed by atoms with Crippen molar-refractivity contribution < 1.29 is 0 Å². The van der Waals surface area contributed by atoms with Gasteiger partial charge in [0.2, 0.25) is 0 Å². The zero-order valence-electron chi connectivity index (χ0n) is 23.6. The quantitative estimate of drug-likeness (QED) is 0.156. The van der Waals surface area contributed by atoms with E-state index in [-0.39, 0.29) is 0 Å². The molecule has 0 unspecified atom stereocenters. The lowest BCUT2D eigenvalue weighted by Crippen LogP contribution is -1.95. The Labute approximate surface area is 240 Å². The molecule has 0 aliphatic rings. The predicted octanol–water partition coefficient (Wildman–Crippen LogP) is 11.7. The van der Waals surface area contributed by atoms with Crippen LogP contribution in [0.2, 0.25) is 0 Å². The summed E-state index contributed by atoms with van der Waals surface area (Å²) in [6.45, 7) is 6.70. The first kappa shape index (κ1) is 23.9. The summed E-state index contributed by atoms with van der Waals surface area (Å²) in [5.41, 5.74) is 9.26. The molecule has 8 rings (SSSR count). The van der Waals surface area contributed by atoms with Gasteiger partial charge >= 0.3 is 0 Å². The van der Waals surface area contributed by atoms with E-state index in [9.17, 15) is 0 Å². The third-order valence-electron chi connectivity index (χ3n) is 8.87. The van der Waals surface area contributed by atoms with Gasteiger partial charge in [0.25, 0.3) is 0 Å². The Morgan fingerprint density at radius 3 is 1.46 bits per heavy atom. The van der Waals surface area contributed by atoms with Crippen molar-refractivity contribution in [2.24, 2.45) is 0 Å². The molecule has 0 aliphatic heterocycles. The van der Waals surface area contributed by atoms with E-state index in [1.807, 2.05) is 0 Å². The molecule has 0 saturated carbocycles. The summed E-state index contributed by atoms with van der Waals surface area (Å²) >= 11 is 0. The molecule has 0 radical (unpaired) electrons. The molecule has 8 aromatic rings. The third kappa shape index (κ3) is 3.61. The van der Waals surface area contributed by atoms with Crippen LogP contribution in [-0.4, -0.2) is 0 Å². The fourth-order valence-electron chi connectivity index (χ4n) is 7.26.